The van der Waals surface area contributed by atoms with Crippen molar-refractivity contribution in [2.45, 2.75) is 96.8 Å². The fourth-order valence-corrected chi connectivity index (χ4v) is 4.70. The Labute approximate surface area is 188 Å². The van der Waals surface area contributed by atoms with Gasteiger partial charge in [-0.15, -0.1) is 0 Å². The van der Waals surface area contributed by atoms with Crippen LogP contribution in [0.1, 0.15) is 96.8 Å². The molecular formula is C20H38NaO5P. The molecule has 0 bridgehead atoms. The van der Waals surface area contributed by atoms with Gasteiger partial charge in [-0.1, -0.05) is 84.0 Å². The zero-order valence-corrected chi connectivity index (χ0v) is 20.5. The van der Waals surface area contributed by atoms with Crippen LogP contribution in [-0.2, 0) is 18.6 Å². The molecule has 2 atom stereocenters. The van der Waals surface area contributed by atoms with Gasteiger partial charge in [0.2, 0.25) is 0 Å². The van der Waals surface area contributed by atoms with Crippen LogP contribution in [0.15, 0.2) is 0 Å². The Morgan fingerprint density at radius 2 is 1.44 bits per heavy atom. The molecule has 1 aliphatic rings. The van der Waals surface area contributed by atoms with Crippen LogP contribution in [0.25, 0.3) is 0 Å². The summed E-state index contributed by atoms with van der Waals surface area (Å²) in [7, 11) is -3.65. The summed E-state index contributed by atoms with van der Waals surface area (Å²) in [5, 5.41) is 0. The molecule has 0 aromatic carbocycles. The molecule has 1 rings (SSSR count). The Bertz CT molecular complexity index is 419. The average molecular weight is 412 g/mol. The second-order valence-corrected chi connectivity index (χ2v) is 9.48. The summed E-state index contributed by atoms with van der Waals surface area (Å²) >= 11 is 0. The molecule has 0 N–H and O–H groups in total. The second-order valence-electron chi connectivity index (χ2n) is 7.63. The molecule has 0 spiro atoms. The Morgan fingerprint density at radius 1 is 0.963 bits per heavy atom. The van der Waals surface area contributed by atoms with E-state index < -0.39 is 7.60 Å². The van der Waals surface area contributed by atoms with E-state index in [9.17, 15) is 14.3 Å². The van der Waals surface area contributed by atoms with Crippen molar-refractivity contribution in [2.75, 3.05) is 19.4 Å². The molecule has 27 heavy (non-hydrogen) atoms. The van der Waals surface area contributed by atoms with Crippen molar-refractivity contribution in [2.24, 2.45) is 5.92 Å². The van der Waals surface area contributed by atoms with E-state index in [1.165, 1.54) is 70.6 Å². The molecule has 5 nitrogen and oxygen atoms in total. The van der Waals surface area contributed by atoms with Crippen LogP contribution in [0.3, 0.4) is 0 Å². The smallest absolute Gasteiger partial charge is 0.778 e. The molecule has 1 aliphatic heterocycles. The molecule has 0 amide bonds. The fourth-order valence-electron chi connectivity index (χ4n) is 3.31. The summed E-state index contributed by atoms with van der Waals surface area (Å²) in [6, 6.07) is 0. The van der Waals surface area contributed by atoms with Gasteiger partial charge < -0.3 is 18.7 Å². The Hall–Kier alpha value is 0.620. The van der Waals surface area contributed by atoms with Crippen LogP contribution >= 0.6 is 7.60 Å². The number of ether oxygens (including phenoxy) is 1. The molecule has 0 radical (unpaired) electrons. The van der Waals surface area contributed by atoms with Crippen LogP contribution in [0, 0.1) is 5.92 Å². The number of esters is 1. The minimum atomic E-state index is -3.65. The van der Waals surface area contributed by atoms with Crippen molar-refractivity contribution in [1.82, 2.24) is 0 Å². The topological polar surface area (TPSA) is 75.7 Å². The van der Waals surface area contributed by atoms with Crippen molar-refractivity contribution in [3.63, 3.8) is 0 Å². The third-order valence-corrected chi connectivity index (χ3v) is 6.46. The van der Waals surface area contributed by atoms with Gasteiger partial charge in [-0.3, -0.25) is 4.79 Å². The number of unbranched alkanes of at least 4 members (excludes halogenated alkanes) is 12. The van der Waals surface area contributed by atoms with E-state index >= 15 is 0 Å². The first-order valence-electron chi connectivity index (χ1n) is 10.6. The minimum Gasteiger partial charge on any atom is -0.778 e. The van der Waals surface area contributed by atoms with Gasteiger partial charge in [0.25, 0.3) is 0 Å². The van der Waals surface area contributed by atoms with Gasteiger partial charge >= 0.3 is 35.5 Å². The molecule has 1 heterocycles. The molecule has 7 heteroatoms. The maximum atomic E-state index is 11.7. The van der Waals surface area contributed by atoms with Crippen molar-refractivity contribution in [3.05, 3.63) is 0 Å². The van der Waals surface area contributed by atoms with Crippen LogP contribution in [-0.4, -0.2) is 25.3 Å². The molecule has 1 fully saturated rings. The standard InChI is InChI=1S/C20H39O5P.Na/c1-2-3-4-5-6-7-8-9-10-11-12-13-14-15-20(21)24-16-19-17-25-26(22,23)18-19;/h19H,2-18H2,1H3,(H,22,23);/q;+1/p-1. The number of rotatable bonds is 16. The second kappa shape index (κ2) is 17.5. The van der Waals surface area contributed by atoms with E-state index in [2.05, 4.69) is 11.4 Å². The van der Waals surface area contributed by atoms with Gasteiger partial charge in [0.15, 0.2) is 0 Å². The zero-order chi connectivity index (χ0) is 19.1. The normalized spacial score (nSPS) is 21.8. The number of carbonyl (C=O) groups is 1. The maximum Gasteiger partial charge on any atom is 1.00 e. The molecule has 0 saturated carbocycles. The summed E-state index contributed by atoms with van der Waals surface area (Å²) in [4.78, 5) is 22.8. The van der Waals surface area contributed by atoms with Gasteiger partial charge in [0.05, 0.1) is 13.2 Å². The Balaban J connectivity index is 0.00000676. The molecule has 0 aromatic rings. The van der Waals surface area contributed by atoms with Gasteiger partial charge in [-0.25, -0.2) is 0 Å². The minimum absolute atomic E-state index is 0. The summed E-state index contributed by atoms with van der Waals surface area (Å²) in [5.41, 5.74) is 0. The van der Waals surface area contributed by atoms with E-state index in [0.717, 1.165) is 12.8 Å². The number of carbonyl (C=O) groups excluding carboxylic acids is 1. The van der Waals surface area contributed by atoms with E-state index in [0.29, 0.717) is 6.42 Å². The summed E-state index contributed by atoms with van der Waals surface area (Å²) in [6.07, 6.45) is 17.0. The van der Waals surface area contributed by atoms with Crippen LogP contribution < -0.4 is 34.5 Å². The van der Waals surface area contributed by atoms with Gasteiger partial charge in [0, 0.05) is 18.5 Å². The molecule has 0 aromatic heterocycles. The van der Waals surface area contributed by atoms with Crippen molar-refractivity contribution < 1.29 is 53.1 Å². The van der Waals surface area contributed by atoms with E-state index in [-0.39, 0.29) is 60.8 Å². The SMILES string of the molecule is CCCCCCCCCCCCCCCC(=O)OCC1COP(=O)([O-])C1.[Na+]. The Morgan fingerprint density at radius 3 is 1.89 bits per heavy atom. The average Bonchev–Trinajstić information content (AvgIpc) is 2.96. The van der Waals surface area contributed by atoms with Gasteiger partial charge in [0.1, 0.15) is 7.60 Å². The maximum absolute atomic E-state index is 11.7. The first-order valence-corrected chi connectivity index (χ1v) is 12.4. The summed E-state index contributed by atoms with van der Waals surface area (Å²) in [6.45, 7) is 2.56. The van der Waals surface area contributed by atoms with Crippen molar-refractivity contribution in [3.8, 4) is 0 Å². The third-order valence-electron chi connectivity index (χ3n) is 4.95. The molecule has 2 unspecified atom stereocenters. The van der Waals surface area contributed by atoms with Crippen molar-refractivity contribution >= 4 is 13.6 Å². The van der Waals surface area contributed by atoms with E-state index in [1.54, 1.807) is 0 Å². The molecular weight excluding hydrogens is 374 g/mol. The predicted octanol–water partition coefficient (Wildman–Crippen LogP) is 2.21. The zero-order valence-electron chi connectivity index (χ0n) is 17.6. The third kappa shape index (κ3) is 16.1. The predicted molar refractivity (Wildman–Crippen MR) is 103 cm³/mol. The number of hydrogen-bond acceptors (Lipinski definition) is 5. The van der Waals surface area contributed by atoms with E-state index in [4.69, 9.17) is 4.74 Å². The summed E-state index contributed by atoms with van der Waals surface area (Å²) in [5.74, 6) is -0.422. The quantitative estimate of drug-likeness (QED) is 0.168. The fraction of sp³-hybridized carbons (Fsp3) is 0.950. The summed E-state index contributed by atoms with van der Waals surface area (Å²) < 4.78 is 21.0. The van der Waals surface area contributed by atoms with Gasteiger partial charge in [-0.05, 0) is 6.42 Å². The number of hydrogen-bond donors (Lipinski definition) is 0. The van der Waals surface area contributed by atoms with Crippen molar-refractivity contribution in [1.29, 1.82) is 0 Å². The van der Waals surface area contributed by atoms with Crippen LogP contribution in [0.5, 0.6) is 0 Å². The Kier molecular flexibility index (Phi) is 17.9. The first kappa shape index (κ1) is 27.6. The van der Waals surface area contributed by atoms with E-state index in [1.807, 2.05) is 0 Å². The molecule has 154 valence electrons. The van der Waals surface area contributed by atoms with Crippen LogP contribution in [0.4, 0.5) is 0 Å². The van der Waals surface area contributed by atoms with Gasteiger partial charge in [-0.2, -0.15) is 0 Å². The largest absolute Gasteiger partial charge is 1.00 e. The molecule has 1 saturated heterocycles. The monoisotopic (exact) mass is 412 g/mol. The van der Waals surface area contributed by atoms with Crippen LogP contribution in [0.2, 0.25) is 0 Å². The molecule has 0 aliphatic carbocycles. The first-order chi connectivity index (χ1) is 12.5.